The van der Waals surface area contributed by atoms with Crippen LogP contribution in [0.2, 0.25) is 5.02 Å². The van der Waals surface area contributed by atoms with Crippen LogP contribution in [-0.2, 0) is 6.42 Å². The second-order valence-corrected chi connectivity index (χ2v) is 5.68. The van der Waals surface area contributed by atoms with Crippen LogP contribution in [0.5, 0.6) is 0 Å². The summed E-state index contributed by atoms with van der Waals surface area (Å²) in [5.74, 6) is 0. The van der Waals surface area contributed by atoms with E-state index in [-0.39, 0.29) is 5.38 Å². The maximum absolute atomic E-state index is 6.40. The zero-order valence-electron chi connectivity index (χ0n) is 8.91. The molecule has 2 rings (SSSR count). The van der Waals surface area contributed by atoms with Gasteiger partial charge in [-0.25, -0.2) is 0 Å². The van der Waals surface area contributed by atoms with E-state index in [0.29, 0.717) is 0 Å². The van der Waals surface area contributed by atoms with Crippen molar-refractivity contribution in [2.24, 2.45) is 0 Å². The normalized spacial score (nSPS) is 12.7. The van der Waals surface area contributed by atoms with E-state index in [1.54, 1.807) is 11.3 Å². The molecule has 0 bridgehead atoms. The van der Waals surface area contributed by atoms with Crippen LogP contribution in [0.3, 0.4) is 0 Å². The van der Waals surface area contributed by atoms with Crippen molar-refractivity contribution < 1.29 is 0 Å². The molecular weight excluding hydrogens is 259 g/mol. The highest BCUT2D eigenvalue weighted by Crippen LogP contribution is 2.31. The Labute approximate surface area is 110 Å². The Morgan fingerprint density at radius 2 is 1.88 bits per heavy atom. The zero-order chi connectivity index (χ0) is 11.5. The van der Waals surface area contributed by atoms with Crippen molar-refractivity contribution in [3.8, 4) is 0 Å². The lowest BCUT2D eigenvalue weighted by Crippen LogP contribution is -1.94. The minimum Gasteiger partial charge on any atom is -0.147 e. The minimum atomic E-state index is 0.0566. The van der Waals surface area contributed by atoms with Crippen LogP contribution in [0.1, 0.15) is 21.4 Å². The van der Waals surface area contributed by atoms with E-state index in [2.05, 4.69) is 18.4 Å². The minimum absolute atomic E-state index is 0.0566. The first-order valence-corrected chi connectivity index (χ1v) is 6.78. The van der Waals surface area contributed by atoms with E-state index in [1.165, 1.54) is 16.0 Å². The van der Waals surface area contributed by atoms with Gasteiger partial charge in [-0.3, -0.25) is 0 Å². The fourth-order valence-electron chi connectivity index (χ4n) is 1.63. The molecule has 1 aromatic carbocycles. The Hall–Kier alpha value is -0.500. The molecule has 0 N–H and O–H groups in total. The molecule has 0 aliphatic heterocycles. The average molecular weight is 271 g/mol. The molecule has 0 saturated carbocycles. The molecule has 1 heterocycles. The summed E-state index contributed by atoms with van der Waals surface area (Å²) in [7, 11) is 0. The third kappa shape index (κ3) is 2.79. The van der Waals surface area contributed by atoms with Crippen molar-refractivity contribution in [1.29, 1.82) is 0 Å². The van der Waals surface area contributed by atoms with Gasteiger partial charge >= 0.3 is 0 Å². The van der Waals surface area contributed by atoms with Crippen molar-refractivity contribution in [2.75, 3.05) is 0 Å². The summed E-state index contributed by atoms with van der Waals surface area (Å²) in [4.78, 5) is 1.26. The fraction of sp³-hybridized carbons (Fsp3) is 0.231. The van der Waals surface area contributed by atoms with Gasteiger partial charge in [0, 0.05) is 9.90 Å². The molecule has 0 aliphatic rings. The molecule has 1 aromatic heterocycles. The second-order valence-electron chi connectivity index (χ2n) is 3.77. The predicted molar refractivity (Wildman–Crippen MR) is 72.8 cm³/mol. The summed E-state index contributed by atoms with van der Waals surface area (Å²) in [5, 5.41) is 2.91. The Bertz CT molecular complexity index is 459. The number of alkyl halides is 1. The van der Waals surface area contributed by atoms with Gasteiger partial charge in [-0.15, -0.1) is 22.9 Å². The van der Waals surface area contributed by atoms with Crippen molar-refractivity contribution >= 4 is 34.5 Å². The van der Waals surface area contributed by atoms with E-state index in [4.69, 9.17) is 23.2 Å². The summed E-state index contributed by atoms with van der Waals surface area (Å²) in [6.45, 7) is 2.10. The Kier molecular flexibility index (Phi) is 3.91. The van der Waals surface area contributed by atoms with E-state index >= 15 is 0 Å². The molecule has 1 unspecified atom stereocenters. The summed E-state index contributed by atoms with van der Waals surface area (Å²) in [5.41, 5.74) is 2.50. The SMILES string of the molecule is Cc1ccsc1C(Cl)Cc1ccc(Cl)cc1. The highest BCUT2D eigenvalue weighted by atomic mass is 35.5. The molecule has 0 amide bonds. The van der Waals surface area contributed by atoms with E-state index < -0.39 is 0 Å². The Balaban J connectivity index is 2.10. The molecule has 0 aliphatic carbocycles. The Morgan fingerprint density at radius 1 is 1.19 bits per heavy atom. The van der Waals surface area contributed by atoms with Crippen LogP contribution in [0.25, 0.3) is 0 Å². The molecule has 0 fully saturated rings. The summed E-state index contributed by atoms with van der Waals surface area (Å²) in [6.07, 6.45) is 0.847. The van der Waals surface area contributed by atoms with Gasteiger partial charge in [-0.2, -0.15) is 0 Å². The number of benzene rings is 1. The number of aryl methyl sites for hydroxylation is 1. The van der Waals surface area contributed by atoms with Crippen LogP contribution in [0, 0.1) is 6.92 Å². The first-order valence-electron chi connectivity index (χ1n) is 5.09. The molecule has 0 radical (unpaired) electrons. The van der Waals surface area contributed by atoms with Gasteiger partial charge in [0.25, 0.3) is 0 Å². The van der Waals surface area contributed by atoms with Crippen molar-refractivity contribution in [3.63, 3.8) is 0 Å². The third-order valence-electron chi connectivity index (χ3n) is 2.51. The molecule has 84 valence electrons. The highest BCUT2D eigenvalue weighted by Gasteiger charge is 2.12. The maximum atomic E-state index is 6.40. The largest absolute Gasteiger partial charge is 0.147 e. The fourth-order valence-corrected chi connectivity index (χ4v) is 3.16. The second kappa shape index (κ2) is 5.22. The lowest BCUT2D eigenvalue weighted by atomic mass is 10.1. The molecule has 0 saturated heterocycles. The van der Waals surface area contributed by atoms with Crippen molar-refractivity contribution in [3.05, 3.63) is 56.7 Å². The van der Waals surface area contributed by atoms with Gasteiger partial charge in [0.1, 0.15) is 0 Å². The van der Waals surface area contributed by atoms with Crippen molar-refractivity contribution in [2.45, 2.75) is 18.7 Å². The lowest BCUT2D eigenvalue weighted by molar-refractivity contribution is 0.932. The molecule has 0 nitrogen and oxygen atoms in total. The van der Waals surface area contributed by atoms with Crippen LogP contribution in [0.15, 0.2) is 35.7 Å². The monoisotopic (exact) mass is 270 g/mol. The maximum Gasteiger partial charge on any atom is 0.0721 e. The molecular formula is C13H12Cl2S. The van der Waals surface area contributed by atoms with Gasteiger partial charge in [0.05, 0.1) is 5.38 Å². The number of thiophene rings is 1. The van der Waals surface area contributed by atoms with Gasteiger partial charge < -0.3 is 0 Å². The van der Waals surface area contributed by atoms with Crippen LogP contribution in [0.4, 0.5) is 0 Å². The topological polar surface area (TPSA) is 0 Å². The third-order valence-corrected chi connectivity index (χ3v) is 4.40. The van der Waals surface area contributed by atoms with Gasteiger partial charge in [0.15, 0.2) is 0 Å². The zero-order valence-corrected chi connectivity index (χ0v) is 11.2. The first kappa shape index (κ1) is 12.0. The molecule has 2 aromatic rings. The smallest absolute Gasteiger partial charge is 0.0721 e. The highest BCUT2D eigenvalue weighted by molar-refractivity contribution is 7.10. The quantitative estimate of drug-likeness (QED) is 0.670. The van der Waals surface area contributed by atoms with Gasteiger partial charge in [-0.05, 0) is 48.1 Å². The number of rotatable bonds is 3. The molecule has 3 heteroatoms. The first-order chi connectivity index (χ1) is 7.66. The van der Waals surface area contributed by atoms with Crippen LogP contribution < -0.4 is 0 Å². The van der Waals surface area contributed by atoms with Gasteiger partial charge in [0.2, 0.25) is 0 Å². The van der Waals surface area contributed by atoms with Gasteiger partial charge in [-0.1, -0.05) is 23.7 Å². The Morgan fingerprint density at radius 3 is 2.44 bits per heavy atom. The number of hydrogen-bond acceptors (Lipinski definition) is 1. The lowest BCUT2D eigenvalue weighted by Gasteiger charge is -2.09. The molecule has 1 atom stereocenters. The van der Waals surface area contributed by atoms with Crippen molar-refractivity contribution in [1.82, 2.24) is 0 Å². The standard InChI is InChI=1S/C13H12Cl2S/c1-9-6-7-16-13(9)12(15)8-10-2-4-11(14)5-3-10/h2-7,12H,8H2,1H3. The van der Waals surface area contributed by atoms with E-state index in [0.717, 1.165) is 11.4 Å². The van der Waals surface area contributed by atoms with Crippen LogP contribution >= 0.6 is 34.5 Å². The van der Waals surface area contributed by atoms with E-state index in [9.17, 15) is 0 Å². The van der Waals surface area contributed by atoms with Crippen LogP contribution in [-0.4, -0.2) is 0 Å². The summed E-state index contributed by atoms with van der Waals surface area (Å²) < 4.78 is 0. The molecule has 16 heavy (non-hydrogen) atoms. The molecule has 0 spiro atoms. The van der Waals surface area contributed by atoms with E-state index in [1.807, 2.05) is 24.3 Å². The number of hydrogen-bond donors (Lipinski definition) is 0. The summed E-state index contributed by atoms with van der Waals surface area (Å²) >= 11 is 14.0. The predicted octanol–water partition coefficient (Wildman–Crippen LogP) is 5.23. The number of halogens is 2. The average Bonchev–Trinajstić information content (AvgIpc) is 2.68. The summed E-state index contributed by atoms with van der Waals surface area (Å²) in [6, 6.07) is 9.97.